The molecule has 0 aromatic carbocycles. The zero-order valence-corrected chi connectivity index (χ0v) is 8.56. The summed E-state index contributed by atoms with van der Waals surface area (Å²) in [4.78, 5) is 11.0. The van der Waals surface area contributed by atoms with Crippen LogP contribution in [0.3, 0.4) is 0 Å². The molecule has 3 atom stereocenters. The maximum Gasteiger partial charge on any atom is 0.330 e. The number of carbonyl (C=O) groups is 1. The minimum atomic E-state index is -0.417. The van der Waals surface area contributed by atoms with Gasteiger partial charge in [0.05, 0.1) is 6.61 Å². The summed E-state index contributed by atoms with van der Waals surface area (Å²) in [6.45, 7) is 7.58. The molecule has 4 nitrogen and oxygen atoms in total. The van der Waals surface area contributed by atoms with Crippen molar-refractivity contribution in [1.29, 1.82) is 0 Å². The standard InChI is InChI=1S/C10H16O4/c1-4-8(14-10(11)5-2)9-6-12-7(3)13-9/h5,7-9H,2,4,6H2,1,3H3. The lowest BCUT2D eigenvalue weighted by Gasteiger charge is -2.20. The highest BCUT2D eigenvalue weighted by Gasteiger charge is 2.31. The van der Waals surface area contributed by atoms with E-state index in [0.29, 0.717) is 13.0 Å². The van der Waals surface area contributed by atoms with E-state index in [1.54, 1.807) is 0 Å². The van der Waals surface area contributed by atoms with E-state index in [1.807, 2.05) is 13.8 Å². The molecule has 0 spiro atoms. The SMILES string of the molecule is C=CC(=O)OC(CC)C1COC(C)O1. The lowest BCUT2D eigenvalue weighted by Crippen LogP contribution is -2.32. The van der Waals surface area contributed by atoms with E-state index in [9.17, 15) is 4.79 Å². The molecule has 0 bridgehead atoms. The third-order valence-corrected chi connectivity index (χ3v) is 2.11. The van der Waals surface area contributed by atoms with E-state index in [0.717, 1.165) is 6.08 Å². The zero-order valence-electron chi connectivity index (χ0n) is 8.56. The van der Waals surface area contributed by atoms with Crippen LogP contribution in [-0.4, -0.2) is 31.1 Å². The van der Waals surface area contributed by atoms with Crippen molar-refractivity contribution in [2.75, 3.05) is 6.61 Å². The van der Waals surface area contributed by atoms with Crippen molar-refractivity contribution < 1.29 is 19.0 Å². The van der Waals surface area contributed by atoms with Crippen LogP contribution in [0.1, 0.15) is 20.3 Å². The predicted octanol–water partition coefficient (Wildman–Crippen LogP) is 1.26. The summed E-state index contributed by atoms with van der Waals surface area (Å²) >= 11 is 0. The Hall–Kier alpha value is -0.870. The molecule has 0 saturated carbocycles. The van der Waals surface area contributed by atoms with Crippen LogP contribution in [0.15, 0.2) is 12.7 Å². The number of rotatable bonds is 4. The summed E-state index contributed by atoms with van der Waals surface area (Å²) in [6.07, 6.45) is 1.25. The zero-order chi connectivity index (χ0) is 10.6. The molecule has 0 N–H and O–H groups in total. The van der Waals surface area contributed by atoms with Gasteiger partial charge in [0.15, 0.2) is 6.29 Å². The van der Waals surface area contributed by atoms with Crippen LogP contribution in [0.4, 0.5) is 0 Å². The summed E-state index contributed by atoms with van der Waals surface area (Å²) < 4.78 is 15.8. The molecule has 3 unspecified atom stereocenters. The van der Waals surface area contributed by atoms with E-state index in [2.05, 4.69) is 6.58 Å². The highest BCUT2D eigenvalue weighted by Crippen LogP contribution is 2.18. The van der Waals surface area contributed by atoms with Gasteiger partial charge < -0.3 is 14.2 Å². The van der Waals surface area contributed by atoms with Crippen LogP contribution < -0.4 is 0 Å². The average molecular weight is 200 g/mol. The molecule has 0 aliphatic carbocycles. The quantitative estimate of drug-likeness (QED) is 0.506. The van der Waals surface area contributed by atoms with Crippen molar-refractivity contribution in [2.45, 2.75) is 38.8 Å². The van der Waals surface area contributed by atoms with Gasteiger partial charge in [-0.15, -0.1) is 0 Å². The Morgan fingerprint density at radius 2 is 2.50 bits per heavy atom. The molecule has 0 amide bonds. The van der Waals surface area contributed by atoms with Crippen molar-refractivity contribution in [1.82, 2.24) is 0 Å². The van der Waals surface area contributed by atoms with Gasteiger partial charge in [-0.1, -0.05) is 13.5 Å². The molecule has 1 aliphatic heterocycles. The Balaban J connectivity index is 2.45. The third-order valence-electron chi connectivity index (χ3n) is 2.11. The fourth-order valence-electron chi connectivity index (χ4n) is 1.37. The maximum absolute atomic E-state index is 11.0. The minimum Gasteiger partial charge on any atom is -0.456 e. The highest BCUT2D eigenvalue weighted by atomic mass is 16.7. The molecule has 14 heavy (non-hydrogen) atoms. The highest BCUT2D eigenvalue weighted by molar-refractivity contribution is 5.81. The largest absolute Gasteiger partial charge is 0.456 e. The normalized spacial score (nSPS) is 28.4. The molecule has 0 aromatic heterocycles. The van der Waals surface area contributed by atoms with Gasteiger partial charge in [0.1, 0.15) is 12.2 Å². The molecule has 4 heteroatoms. The first-order chi connectivity index (χ1) is 6.67. The Kier molecular flexibility index (Phi) is 4.10. The van der Waals surface area contributed by atoms with Gasteiger partial charge >= 0.3 is 5.97 Å². The molecule has 0 radical (unpaired) electrons. The van der Waals surface area contributed by atoms with Gasteiger partial charge in [-0.2, -0.15) is 0 Å². The van der Waals surface area contributed by atoms with Crippen LogP contribution in [0, 0.1) is 0 Å². The first-order valence-corrected chi connectivity index (χ1v) is 4.77. The van der Waals surface area contributed by atoms with Crippen LogP contribution in [-0.2, 0) is 19.0 Å². The second-order valence-corrected chi connectivity index (χ2v) is 3.16. The third kappa shape index (κ3) is 2.82. The van der Waals surface area contributed by atoms with Gasteiger partial charge in [-0.3, -0.25) is 0 Å². The van der Waals surface area contributed by atoms with Crippen molar-refractivity contribution in [3.63, 3.8) is 0 Å². The van der Waals surface area contributed by atoms with Gasteiger partial charge in [-0.25, -0.2) is 4.79 Å². The molecular formula is C10H16O4. The summed E-state index contributed by atoms with van der Waals surface area (Å²) in [5, 5.41) is 0. The Bertz CT molecular complexity index is 214. The second-order valence-electron chi connectivity index (χ2n) is 3.16. The van der Waals surface area contributed by atoms with E-state index in [-0.39, 0.29) is 18.5 Å². The molecule has 1 aliphatic rings. The fraction of sp³-hybridized carbons (Fsp3) is 0.700. The Morgan fingerprint density at radius 3 is 2.93 bits per heavy atom. The average Bonchev–Trinajstić information content (AvgIpc) is 2.60. The number of hydrogen-bond acceptors (Lipinski definition) is 4. The smallest absolute Gasteiger partial charge is 0.330 e. The number of hydrogen-bond donors (Lipinski definition) is 0. The molecule has 1 heterocycles. The predicted molar refractivity (Wildman–Crippen MR) is 50.7 cm³/mol. The van der Waals surface area contributed by atoms with E-state index in [4.69, 9.17) is 14.2 Å². The van der Waals surface area contributed by atoms with Crippen LogP contribution in [0.5, 0.6) is 0 Å². The summed E-state index contributed by atoms with van der Waals surface area (Å²) in [5.74, 6) is -0.417. The Morgan fingerprint density at radius 1 is 1.79 bits per heavy atom. The van der Waals surface area contributed by atoms with Crippen LogP contribution in [0.25, 0.3) is 0 Å². The van der Waals surface area contributed by atoms with Crippen molar-refractivity contribution in [3.8, 4) is 0 Å². The lowest BCUT2D eigenvalue weighted by molar-refractivity contribution is -0.151. The number of carbonyl (C=O) groups excluding carboxylic acids is 1. The van der Waals surface area contributed by atoms with Crippen molar-refractivity contribution in [3.05, 3.63) is 12.7 Å². The first-order valence-electron chi connectivity index (χ1n) is 4.77. The molecular weight excluding hydrogens is 184 g/mol. The summed E-state index contributed by atoms with van der Waals surface area (Å²) in [7, 11) is 0. The van der Waals surface area contributed by atoms with Crippen LogP contribution in [0.2, 0.25) is 0 Å². The lowest BCUT2D eigenvalue weighted by atomic mass is 10.1. The Labute approximate surface area is 83.8 Å². The number of esters is 1. The fourth-order valence-corrected chi connectivity index (χ4v) is 1.37. The second kappa shape index (κ2) is 5.12. The van der Waals surface area contributed by atoms with E-state index >= 15 is 0 Å². The van der Waals surface area contributed by atoms with E-state index < -0.39 is 5.97 Å². The topological polar surface area (TPSA) is 44.8 Å². The monoisotopic (exact) mass is 200 g/mol. The van der Waals surface area contributed by atoms with E-state index in [1.165, 1.54) is 0 Å². The van der Waals surface area contributed by atoms with Gasteiger partial charge in [0, 0.05) is 6.08 Å². The van der Waals surface area contributed by atoms with Gasteiger partial charge in [0.25, 0.3) is 0 Å². The maximum atomic E-state index is 11.0. The van der Waals surface area contributed by atoms with Gasteiger partial charge in [-0.05, 0) is 13.3 Å². The van der Waals surface area contributed by atoms with Crippen molar-refractivity contribution in [2.24, 2.45) is 0 Å². The van der Waals surface area contributed by atoms with Gasteiger partial charge in [0.2, 0.25) is 0 Å². The first kappa shape index (κ1) is 11.2. The summed E-state index contributed by atoms with van der Waals surface area (Å²) in [6, 6.07) is 0. The molecule has 1 saturated heterocycles. The number of ether oxygens (including phenoxy) is 3. The van der Waals surface area contributed by atoms with Crippen molar-refractivity contribution >= 4 is 5.97 Å². The summed E-state index contributed by atoms with van der Waals surface area (Å²) in [5.41, 5.74) is 0. The molecule has 80 valence electrons. The molecule has 0 aromatic rings. The van der Waals surface area contributed by atoms with Crippen LogP contribution >= 0.6 is 0 Å². The minimum absolute atomic E-state index is 0.154. The molecule has 1 rings (SSSR count). The molecule has 1 fully saturated rings.